The highest BCUT2D eigenvalue weighted by Crippen LogP contribution is 2.70. The predicted octanol–water partition coefficient (Wildman–Crippen LogP) is 4.40. The van der Waals surface area contributed by atoms with E-state index in [1.165, 1.54) is 61.1 Å². The number of aliphatic imine (C=N–C) groups is 1. The van der Waals surface area contributed by atoms with Gasteiger partial charge in [-0.1, -0.05) is 24.8 Å². The van der Waals surface area contributed by atoms with Gasteiger partial charge < -0.3 is 10.6 Å². The maximum Gasteiger partial charge on any atom is 0.240 e. The van der Waals surface area contributed by atoms with Crippen LogP contribution in [0.5, 0.6) is 0 Å². The minimum Gasteiger partial charge on any atom is -0.378 e. The number of hydrogen-bond donors (Lipinski definition) is 1. The summed E-state index contributed by atoms with van der Waals surface area (Å²) >= 11 is 1.31. The van der Waals surface area contributed by atoms with Crippen LogP contribution in [0.2, 0.25) is 0 Å². The molecule has 2 unspecified atom stereocenters. The quantitative estimate of drug-likeness (QED) is 0.561. The van der Waals surface area contributed by atoms with Crippen LogP contribution >= 0.6 is 11.8 Å². The lowest BCUT2D eigenvalue weighted by atomic mass is 9.84. The Morgan fingerprint density at radius 1 is 1.25 bits per heavy atom. The van der Waals surface area contributed by atoms with Crippen LogP contribution in [0.25, 0.3) is 11.9 Å². The Kier molecular flexibility index (Phi) is 6.70. The molecule has 3 heterocycles. The van der Waals surface area contributed by atoms with Gasteiger partial charge in [-0.05, 0) is 67.5 Å². The van der Waals surface area contributed by atoms with Crippen LogP contribution < -0.4 is 5.73 Å². The molecule has 2 aromatic rings. The van der Waals surface area contributed by atoms with Crippen molar-refractivity contribution in [3.63, 3.8) is 0 Å². The number of nitrogens with zero attached hydrogens (tertiary/aromatic N) is 5. The molecular formula is C30H32F2N6OS. The summed E-state index contributed by atoms with van der Waals surface area (Å²) in [7, 11) is 0. The average molecular weight is 563 g/mol. The number of amides is 1. The normalized spacial score (nSPS) is 30.3. The highest BCUT2D eigenvalue weighted by atomic mass is 32.2. The number of carbonyl (C=O) groups excluding carboxylic acids is 1. The molecule has 2 aliphatic carbocycles. The number of rotatable bonds is 6. The first-order chi connectivity index (χ1) is 19.2. The number of pyridine rings is 1. The third kappa shape index (κ3) is 4.59. The molecule has 6 rings (SSSR count). The minimum atomic E-state index is -1.09. The molecule has 4 atom stereocenters. The van der Waals surface area contributed by atoms with Gasteiger partial charge in [-0.15, -0.1) is 0 Å². The molecule has 1 aromatic heterocycles. The number of piperazine rings is 1. The van der Waals surface area contributed by atoms with Crippen LogP contribution in [0.3, 0.4) is 0 Å². The van der Waals surface area contributed by atoms with Crippen molar-refractivity contribution >= 4 is 34.7 Å². The van der Waals surface area contributed by atoms with E-state index in [2.05, 4.69) is 9.88 Å². The molecule has 0 bridgehead atoms. The zero-order valence-electron chi connectivity index (χ0n) is 22.6. The molecule has 3 fully saturated rings. The number of carbonyl (C=O) groups is 1. The van der Waals surface area contributed by atoms with E-state index < -0.39 is 21.9 Å². The van der Waals surface area contributed by atoms with Crippen molar-refractivity contribution in [2.75, 3.05) is 32.7 Å². The van der Waals surface area contributed by atoms with E-state index in [0.717, 1.165) is 25.6 Å². The zero-order valence-corrected chi connectivity index (χ0v) is 23.4. The smallest absolute Gasteiger partial charge is 0.240 e. The molecule has 0 spiro atoms. The van der Waals surface area contributed by atoms with E-state index in [1.54, 1.807) is 6.07 Å². The van der Waals surface area contributed by atoms with Crippen molar-refractivity contribution < 1.29 is 13.6 Å². The monoisotopic (exact) mass is 562 g/mol. The molecule has 4 aliphatic rings. The topological polar surface area (TPSA) is 98.6 Å². The second-order valence-corrected chi connectivity index (χ2v) is 12.9. The van der Waals surface area contributed by atoms with E-state index >= 15 is 8.78 Å². The fraction of sp³-hybridized carbons (Fsp3) is 0.467. The van der Waals surface area contributed by atoms with Crippen molar-refractivity contribution in [3.05, 3.63) is 64.7 Å². The fourth-order valence-corrected chi connectivity index (χ4v) is 8.19. The average Bonchev–Trinajstić information content (AvgIpc) is 3.87. The highest BCUT2D eigenvalue weighted by Gasteiger charge is 2.76. The van der Waals surface area contributed by atoms with Gasteiger partial charge in [0.1, 0.15) is 22.5 Å². The predicted molar refractivity (Wildman–Crippen MR) is 152 cm³/mol. The first kappa shape index (κ1) is 26.9. The maximum absolute atomic E-state index is 15.4. The van der Waals surface area contributed by atoms with Crippen LogP contribution in [0, 0.1) is 34.9 Å². The third-order valence-electron chi connectivity index (χ3n) is 8.92. The van der Waals surface area contributed by atoms with Crippen molar-refractivity contribution in [1.82, 2.24) is 14.8 Å². The van der Waals surface area contributed by atoms with Crippen LogP contribution in [0.1, 0.15) is 49.1 Å². The van der Waals surface area contributed by atoms with E-state index in [9.17, 15) is 4.79 Å². The van der Waals surface area contributed by atoms with E-state index in [4.69, 9.17) is 16.0 Å². The Morgan fingerprint density at radius 3 is 2.65 bits per heavy atom. The van der Waals surface area contributed by atoms with E-state index in [0.29, 0.717) is 24.2 Å². The first-order valence-corrected chi connectivity index (χ1v) is 14.6. The number of amidine groups is 1. The number of nitrogens with two attached hydrogens (primary N) is 1. The summed E-state index contributed by atoms with van der Waals surface area (Å²) in [5.74, 6) is -0.544. The summed E-state index contributed by atoms with van der Waals surface area (Å²) in [5.41, 5.74) is 6.37. The van der Waals surface area contributed by atoms with Gasteiger partial charge in [0.05, 0.1) is 16.8 Å². The summed E-state index contributed by atoms with van der Waals surface area (Å²) in [6, 6.07) is 9.25. The van der Waals surface area contributed by atoms with Gasteiger partial charge in [0.25, 0.3) is 0 Å². The first-order valence-electron chi connectivity index (χ1n) is 13.8. The minimum absolute atomic E-state index is 0.0551. The summed E-state index contributed by atoms with van der Waals surface area (Å²) in [6.45, 7) is 8.05. The molecule has 1 amide bonds. The van der Waals surface area contributed by atoms with Crippen LogP contribution in [0.4, 0.5) is 8.78 Å². The summed E-state index contributed by atoms with van der Waals surface area (Å²) in [4.78, 5) is 27.1. The van der Waals surface area contributed by atoms with Crippen LogP contribution in [-0.2, 0) is 10.3 Å². The van der Waals surface area contributed by atoms with E-state index in [1.807, 2.05) is 24.8 Å². The number of thioether (sulfide) groups is 1. The van der Waals surface area contributed by atoms with Gasteiger partial charge in [0.15, 0.2) is 5.17 Å². The van der Waals surface area contributed by atoms with Crippen molar-refractivity contribution in [2.45, 2.75) is 37.0 Å². The Hall–Kier alpha value is -3.29. The third-order valence-corrected chi connectivity index (χ3v) is 10.4. The van der Waals surface area contributed by atoms with Crippen molar-refractivity contribution in [2.24, 2.45) is 28.5 Å². The lowest BCUT2D eigenvalue weighted by Crippen LogP contribution is -2.54. The van der Waals surface area contributed by atoms with E-state index in [-0.39, 0.29) is 34.2 Å². The molecule has 40 heavy (non-hydrogen) atoms. The number of halogens is 2. The molecule has 2 N–H and O–H groups in total. The molecule has 2 aliphatic heterocycles. The fourth-order valence-electron chi connectivity index (χ4n) is 6.57. The van der Waals surface area contributed by atoms with Gasteiger partial charge in [-0.25, -0.2) is 8.78 Å². The van der Waals surface area contributed by atoms with Gasteiger partial charge in [-0.2, -0.15) is 5.26 Å². The van der Waals surface area contributed by atoms with Crippen molar-refractivity contribution in [1.29, 1.82) is 5.26 Å². The number of hydrogen-bond acceptors (Lipinski definition) is 7. The second kappa shape index (κ2) is 9.96. The summed E-state index contributed by atoms with van der Waals surface area (Å²) < 4.78 is 29.7. The number of benzene rings is 1. The van der Waals surface area contributed by atoms with Gasteiger partial charge in [-0.3, -0.25) is 19.7 Å². The second-order valence-electron chi connectivity index (χ2n) is 11.6. The Labute approximate surface area is 237 Å². The van der Waals surface area contributed by atoms with Crippen molar-refractivity contribution in [3.8, 4) is 6.07 Å². The van der Waals surface area contributed by atoms with Crippen LogP contribution in [-0.4, -0.2) is 63.3 Å². The standard InChI is InChI=1S/C30H32F2N6OS/c1-18-26-29(2,22-13-20(5-7-23(22)31)14-24(32)25-8-6-21(15-33)16-35-25)36-28(34)40-30(18,26)27(39)38-11-9-37(10-12-38)17-19-3-4-19/h5-8,13-14,16,18-19,26H,3-4,9-12,17H2,1-2H3,(H2,34,36)/b24-14-/t18?,26?,29-,30+/m1/s1. The highest BCUT2D eigenvalue weighted by molar-refractivity contribution is 8.15. The lowest BCUT2D eigenvalue weighted by Gasteiger charge is -2.39. The number of nitriles is 1. The molecule has 7 nitrogen and oxygen atoms in total. The Morgan fingerprint density at radius 2 is 2.00 bits per heavy atom. The van der Waals surface area contributed by atoms with Gasteiger partial charge in [0.2, 0.25) is 5.91 Å². The molecular weight excluding hydrogens is 530 g/mol. The molecule has 10 heteroatoms. The summed E-state index contributed by atoms with van der Waals surface area (Å²) in [5, 5.41) is 9.22. The Bertz CT molecular complexity index is 1440. The SMILES string of the molecule is CC1C2[C@@]1(C(=O)N1CCN(CC3CC3)CC1)SC(N)=N[C@]2(C)c1cc(/C=C(\F)c2ccc(C#N)cn2)ccc1F. The molecule has 208 valence electrons. The van der Waals surface area contributed by atoms with Crippen LogP contribution in [0.15, 0.2) is 41.5 Å². The molecule has 0 radical (unpaired) electrons. The molecule has 2 saturated carbocycles. The lowest BCUT2D eigenvalue weighted by molar-refractivity contribution is -0.133. The van der Waals surface area contributed by atoms with Gasteiger partial charge >= 0.3 is 0 Å². The number of fused-ring (bicyclic) bond motifs is 1. The number of aromatic nitrogens is 1. The Balaban J connectivity index is 1.27. The maximum atomic E-state index is 15.4. The summed E-state index contributed by atoms with van der Waals surface area (Å²) in [6.07, 6.45) is 5.19. The van der Waals surface area contributed by atoms with Gasteiger partial charge in [0, 0.05) is 50.4 Å². The molecule has 1 saturated heterocycles. The largest absolute Gasteiger partial charge is 0.378 e. The molecule has 1 aromatic carbocycles. The zero-order chi connectivity index (χ0) is 28.2.